The van der Waals surface area contributed by atoms with Gasteiger partial charge in [-0.3, -0.25) is 19.6 Å². The number of nitrogens with one attached hydrogen (secondary N) is 1. The maximum Gasteiger partial charge on any atom is 0.224 e. The molecular formula is C25H31N5O. The third-order valence-corrected chi connectivity index (χ3v) is 6.62. The average Bonchev–Trinajstić information content (AvgIpc) is 2.84. The summed E-state index contributed by atoms with van der Waals surface area (Å²) < 4.78 is 0. The summed E-state index contributed by atoms with van der Waals surface area (Å²) in [6.07, 6.45) is 7.85. The molecule has 6 heteroatoms. The second kappa shape index (κ2) is 10.5. The molecule has 0 aliphatic carbocycles. The minimum absolute atomic E-state index is 0.0750. The van der Waals surface area contributed by atoms with Gasteiger partial charge in [-0.15, -0.1) is 0 Å². The largest absolute Gasteiger partial charge is 0.352 e. The summed E-state index contributed by atoms with van der Waals surface area (Å²) >= 11 is 0. The number of hydrogen-bond donors (Lipinski definition) is 1. The number of carbonyl (C=O) groups is 1. The molecule has 4 rings (SSSR count). The van der Waals surface area contributed by atoms with Crippen LogP contribution in [-0.4, -0.2) is 52.9 Å². The van der Waals surface area contributed by atoms with Crippen LogP contribution in [0.25, 0.3) is 0 Å². The van der Waals surface area contributed by atoms with E-state index in [0.717, 1.165) is 75.1 Å². The molecule has 2 aromatic rings. The molecule has 3 heterocycles. The van der Waals surface area contributed by atoms with Gasteiger partial charge in [-0.05, 0) is 68.6 Å². The van der Waals surface area contributed by atoms with Crippen LogP contribution in [-0.2, 0) is 17.9 Å². The van der Waals surface area contributed by atoms with Crippen LogP contribution in [0.5, 0.6) is 0 Å². The monoisotopic (exact) mass is 417 g/mol. The SMILES string of the molecule is N#Cc1ccccc1CN1CCC(N2CCC[C@H](C(=O)NCc3cccnc3)C2)CC1. The Bertz CT molecular complexity index is 902. The summed E-state index contributed by atoms with van der Waals surface area (Å²) in [7, 11) is 0. The van der Waals surface area contributed by atoms with E-state index in [4.69, 9.17) is 0 Å². The van der Waals surface area contributed by atoms with Crippen LogP contribution in [0.3, 0.4) is 0 Å². The first-order chi connectivity index (χ1) is 15.2. The number of amides is 1. The lowest BCUT2D eigenvalue weighted by Crippen LogP contribution is -2.50. The molecule has 1 amide bonds. The molecule has 6 nitrogen and oxygen atoms in total. The van der Waals surface area contributed by atoms with E-state index in [2.05, 4.69) is 32.2 Å². The van der Waals surface area contributed by atoms with Crippen LogP contribution >= 0.6 is 0 Å². The molecule has 1 N–H and O–H groups in total. The van der Waals surface area contributed by atoms with Crippen molar-refractivity contribution in [2.75, 3.05) is 26.2 Å². The predicted molar refractivity (Wildman–Crippen MR) is 120 cm³/mol. The number of rotatable bonds is 6. The Labute approximate surface area is 184 Å². The van der Waals surface area contributed by atoms with Crippen molar-refractivity contribution in [1.82, 2.24) is 20.1 Å². The van der Waals surface area contributed by atoms with Gasteiger partial charge >= 0.3 is 0 Å². The van der Waals surface area contributed by atoms with Crippen molar-refractivity contribution in [1.29, 1.82) is 5.26 Å². The molecule has 0 radical (unpaired) electrons. The number of nitriles is 1. The second-order valence-corrected chi connectivity index (χ2v) is 8.69. The molecule has 2 aliphatic heterocycles. The summed E-state index contributed by atoms with van der Waals surface area (Å²) in [5.74, 6) is 0.241. The smallest absolute Gasteiger partial charge is 0.224 e. The van der Waals surface area contributed by atoms with E-state index in [1.54, 1.807) is 12.4 Å². The molecule has 0 saturated carbocycles. The van der Waals surface area contributed by atoms with Gasteiger partial charge in [-0.25, -0.2) is 0 Å². The number of aromatic nitrogens is 1. The number of hydrogen-bond acceptors (Lipinski definition) is 5. The van der Waals surface area contributed by atoms with Crippen molar-refractivity contribution in [2.24, 2.45) is 5.92 Å². The lowest BCUT2D eigenvalue weighted by molar-refractivity contribution is -0.127. The molecule has 162 valence electrons. The van der Waals surface area contributed by atoms with Crippen molar-refractivity contribution >= 4 is 5.91 Å². The number of piperidine rings is 2. The Morgan fingerprint density at radius 2 is 1.97 bits per heavy atom. The molecule has 1 atom stereocenters. The first-order valence-electron chi connectivity index (χ1n) is 11.3. The Hall–Kier alpha value is -2.75. The van der Waals surface area contributed by atoms with E-state index in [1.807, 2.05) is 30.3 Å². The van der Waals surface area contributed by atoms with Crippen LogP contribution in [0.4, 0.5) is 0 Å². The zero-order valence-electron chi connectivity index (χ0n) is 18.0. The normalized spacial score (nSPS) is 20.8. The second-order valence-electron chi connectivity index (χ2n) is 8.69. The molecule has 2 saturated heterocycles. The Balaban J connectivity index is 1.25. The van der Waals surface area contributed by atoms with Gasteiger partial charge in [0.1, 0.15) is 0 Å². The summed E-state index contributed by atoms with van der Waals surface area (Å²) in [6, 6.07) is 14.6. The summed E-state index contributed by atoms with van der Waals surface area (Å²) in [5, 5.41) is 12.4. The maximum atomic E-state index is 12.7. The highest BCUT2D eigenvalue weighted by Gasteiger charge is 2.31. The van der Waals surface area contributed by atoms with Crippen molar-refractivity contribution in [2.45, 2.75) is 44.8 Å². The molecular weight excluding hydrogens is 386 g/mol. The van der Waals surface area contributed by atoms with Crippen LogP contribution in [0.1, 0.15) is 42.4 Å². The minimum atomic E-state index is 0.0750. The fourth-order valence-electron chi connectivity index (χ4n) is 4.84. The number of benzene rings is 1. The van der Waals surface area contributed by atoms with Crippen LogP contribution < -0.4 is 5.32 Å². The zero-order chi connectivity index (χ0) is 21.5. The van der Waals surface area contributed by atoms with Crippen LogP contribution in [0.15, 0.2) is 48.8 Å². The third kappa shape index (κ3) is 5.69. The lowest BCUT2D eigenvalue weighted by atomic mass is 9.93. The van der Waals surface area contributed by atoms with Crippen molar-refractivity contribution in [3.8, 4) is 6.07 Å². The Morgan fingerprint density at radius 3 is 2.74 bits per heavy atom. The topological polar surface area (TPSA) is 72.3 Å². The van der Waals surface area contributed by atoms with Crippen LogP contribution in [0, 0.1) is 17.2 Å². The van der Waals surface area contributed by atoms with E-state index in [1.165, 1.54) is 0 Å². The van der Waals surface area contributed by atoms with E-state index < -0.39 is 0 Å². The first kappa shape index (κ1) is 21.5. The summed E-state index contributed by atoms with van der Waals surface area (Å²) in [4.78, 5) is 21.8. The van der Waals surface area contributed by atoms with Crippen molar-refractivity contribution in [3.05, 3.63) is 65.5 Å². The standard InChI is InChI=1S/C25H31N5O/c26-15-21-6-1-2-7-22(21)18-29-13-9-24(10-14-29)30-12-4-8-23(19-30)25(31)28-17-20-5-3-11-27-16-20/h1-3,5-7,11,16,23-24H,4,8-10,12-14,17-19H2,(H,28,31)/t23-/m0/s1. The molecule has 2 aliphatic rings. The van der Waals surface area contributed by atoms with Gasteiger partial charge in [-0.1, -0.05) is 24.3 Å². The van der Waals surface area contributed by atoms with Gasteiger partial charge in [0, 0.05) is 38.1 Å². The van der Waals surface area contributed by atoms with Crippen LogP contribution in [0.2, 0.25) is 0 Å². The highest BCUT2D eigenvalue weighted by atomic mass is 16.1. The van der Waals surface area contributed by atoms with E-state index in [-0.39, 0.29) is 11.8 Å². The number of pyridine rings is 1. The predicted octanol–water partition coefficient (Wildman–Crippen LogP) is 2.95. The van der Waals surface area contributed by atoms with Gasteiger partial charge in [0.25, 0.3) is 0 Å². The summed E-state index contributed by atoms with van der Waals surface area (Å²) in [5.41, 5.74) is 2.93. The van der Waals surface area contributed by atoms with E-state index >= 15 is 0 Å². The average molecular weight is 418 g/mol. The fourth-order valence-corrected chi connectivity index (χ4v) is 4.84. The zero-order valence-corrected chi connectivity index (χ0v) is 18.0. The van der Waals surface area contributed by atoms with Crippen molar-refractivity contribution < 1.29 is 4.79 Å². The Kier molecular flexibility index (Phi) is 7.29. The number of carbonyl (C=O) groups excluding carboxylic acids is 1. The summed E-state index contributed by atoms with van der Waals surface area (Å²) in [6.45, 7) is 5.42. The van der Waals surface area contributed by atoms with E-state index in [9.17, 15) is 10.1 Å². The lowest BCUT2D eigenvalue weighted by Gasteiger charge is -2.42. The molecule has 1 aromatic heterocycles. The highest BCUT2D eigenvalue weighted by molar-refractivity contribution is 5.78. The van der Waals surface area contributed by atoms with Crippen molar-refractivity contribution in [3.63, 3.8) is 0 Å². The highest BCUT2D eigenvalue weighted by Crippen LogP contribution is 2.25. The molecule has 0 spiro atoms. The quantitative estimate of drug-likeness (QED) is 0.782. The molecule has 0 unspecified atom stereocenters. The Morgan fingerprint density at radius 1 is 1.13 bits per heavy atom. The molecule has 31 heavy (non-hydrogen) atoms. The molecule has 2 fully saturated rings. The fraction of sp³-hybridized carbons (Fsp3) is 0.480. The first-order valence-corrected chi connectivity index (χ1v) is 11.3. The van der Waals surface area contributed by atoms with Gasteiger partial charge in [-0.2, -0.15) is 5.26 Å². The third-order valence-electron chi connectivity index (χ3n) is 6.62. The maximum absolute atomic E-state index is 12.7. The van der Waals surface area contributed by atoms with Gasteiger partial charge < -0.3 is 5.32 Å². The van der Waals surface area contributed by atoms with E-state index in [0.29, 0.717) is 12.6 Å². The molecule has 0 bridgehead atoms. The minimum Gasteiger partial charge on any atom is -0.352 e. The number of likely N-dealkylation sites (tertiary alicyclic amines) is 2. The number of nitrogens with zero attached hydrogens (tertiary/aromatic N) is 4. The van der Waals surface area contributed by atoms with Gasteiger partial charge in [0.15, 0.2) is 0 Å². The van der Waals surface area contributed by atoms with Gasteiger partial charge in [0.05, 0.1) is 17.6 Å². The van der Waals surface area contributed by atoms with Gasteiger partial charge in [0.2, 0.25) is 5.91 Å². The molecule has 1 aromatic carbocycles.